The number of nitrogens with zero attached hydrogens (tertiary/aromatic N) is 2. The highest BCUT2D eigenvalue weighted by Gasteiger charge is 2.28. The van der Waals surface area contributed by atoms with Crippen LogP contribution in [0, 0.1) is 17.2 Å². The summed E-state index contributed by atoms with van der Waals surface area (Å²) >= 11 is 11.9. The molecule has 24 heavy (non-hydrogen) atoms. The van der Waals surface area contributed by atoms with E-state index in [1.165, 1.54) is 11.1 Å². The fourth-order valence-corrected chi connectivity index (χ4v) is 2.76. The fourth-order valence-electron chi connectivity index (χ4n) is 2.41. The van der Waals surface area contributed by atoms with E-state index in [0.29, 0.717) is 41.7 Å². The molecule has 1 aromatic carbocycles. The van der Waals surface area contributed by atoms with Crippen LogP contribution in [0.1, 0.15) is 12.8 Å². The first kappa shape index (κ1) is 18.1. The third kappa shape index (κ3) is 4.19. The average Bonchev–Trinajstić information content (AvgIpc) is 2.58. The van der Waals surface area contributed by atoms with E-state index in [9.17, 15) is 14.9 Å². The first-order valence-electron chi connectivity index (χ1n) is 7.27. The summed E-state index contributed by atoms with van der Waals surface area (Å²) in [6.45, 7) is 0.624. The van der Waals surface area contributed by atoms with E-state index in [2.05, 4.69) is 5.32 Å². The molecule has 1 aliphatic rings. The molecular formula is C16H15Cl2N3O3. The Morgan fingerprint density at radius 3 is 2.58 bits per heavy atom. The molecule has 0 spiro atoms. The van der Waals surface area contributed by atoms with Gasteiger partial charge in [0.15, 0.2) is 0 Å². The number of hydrogen-bond acceptors (Lipinski definition) is 4. The van der Waals surface area contributed by atoms with Crippen molar-refractivity contribution in [3.8, 4) is 6.07 Å². The van der Waals surface area contributed by atoms with Crippen molar-refractivity contribution >= 4 is 40.8 Å². The molecule has 1 aliphatic heterocycles. The minimum atomic E-state index is -0.851. The average molecular weight is 368 g/mol. The number of rotatable bonds is 4. The van der Waals surface area contributed by atoms with E-state index in [1.54, 1.807) is 18.2 Å². The molecule has 0 saturated carbocycles. The van der Waals surface area contributed by atoms with Crippen LogP contribution in [0.5, 0.6) is 0 Å². The van der Waals surface area contributed by atoms with Crippen LogP contribution in [-0.4, -0.2) is 35.0 Å². The molecule has 0 radical (unpaired) electrons. The Labute approximate surface area is 149 Å². The van der Waals surface area contributed by atoms with Gasteiger partial charge in [0.2, 0.25) is 0 Å². The molecule has 8 heteroatoms. The van der Waals surface area contributed by atoms with Crippen LogP contribution in [0.4, 0.5) is 5.69 Å². The van der Waals surface area contributed by atoms with Crippen molar-refractivity contribution in [2.45, 2.75) is 12.8 Å². The van der Waals surface area contributed by atoms with Gasteiger partial charge >= 0.3 is 5.97 Å². The van der Waals surface area contributed by atoms with Crippen molar-refractivity contribution in [3.05, 3.63) is 40.0 Å². The van der Waals surface area contributed by atoms with Crippen LogP contribution in [-0.2, 0) is 9.59 Å². The van der Waals surface area contributed by atoms with Gasteiger partial charge in [-0.3, -0.25) is 9.59 Å². The van der Waals surface area contributed by atoms with E-state index in [1.807, 2.05) is 6.07 Å². The number of carbonyl (C=O) groups is 2. The van der Waals surface area contributed by atoms with E-state index >= 15 is 0 Å². The Hall–Kier alpha value is -2.23. The maximum Gasteiger partial charge on any atom is 0.306 e. The van der Waals surface area contributed by atoms with Gasteiger partial charge in [0.05, 0.1) is 21.7 Å². The third-order valence-electron chi connectivity index (χ3n) is 3.81. The Bertz CT molecular complexity index is 720. The van der Waals surface area contributed by atoms with Gasteiger partial charge in [-0.1, -0.05) is 29.3 Å². The zero-order chi connectivity index (χ0) is 17.7. The van der Waals surface area contributed by atoms with Gasteiger partial charge in [-0.05, 0) is 25.0 Å². The lowest BCUT2D eigenvalue weighted by atomic mass is 9.97. The second-order valence-electron chi connectivity index (χ2n) is 5.32. The van der Waals surface area contributed by atoms with Crippen molar-refractivity contribution in [1.29, 1.82) is 5.26 Å². The monoisotopic (exact) mass is 367 g/mol. The van der Waals surface area contributed by atoms with E-state index in [4.69, 9.17) is 28.3 Å². The van der Waals surface area contributed by atoms with Gasteiger partial charge in [0.25, 0.3) is 5.91 Å². The van der Waals surface area contributed by atoms with Crippen LogP contribution >= 0.6 is 23.2 Å². The summed E-state index contributed by atoms with van der Waals surface area (Å²) in [5.41, 5.74) is 0.397. The molecule has 2 N–H and O–H groups in total. The number of halogens is 2. The number of likely N-dealkylation sites (tertiary alicyclic amines) is 1. The highest BCUT2D eigenvalue weighted by Crippen LogP contribution is 2.29. The van der Waals surface area contributed by atoms with Crippen molar-refractivity contribution < 1.29 is 14.7 Å². The third-order valence-corrected chi connectivity index (χ3v) is 4.62. The van der Waals surface area contributed by atoms with Gasteiger partial charge in [-0.2, -0.15) is 5.26 Å². The van der Waals surface area contributed by atoms with Crippen LogP contribution in [0.3, 0.4) is 0 Å². The maximum atomic E-state index is 12.4. The second kappa shape index (κ2) is 8.04. The molecule has 1 aromatic rings. The van der Waals surface area contributed by atoms with Crippen molar-refractivity contribution in [2.75, 3.05) is 18.4 Å². The predicted molar refractivity (Wildman–Crippen MR) is 90.7 cm³/mol. The molecule has 0 bridgehead atoms. The van der Waals surface area contributed by atoms with Gasteiger partial charge < -0.3 is 15.3 Å². The second-order valence-corrected chi connectivity index (χ2v) is 6.11. The molecule has 2 rings (SSSR count). The predicted octanol–water partition coefficient (Wildman–Crippen LogP) is 3.14. The van der Waals surface area contributed by atoms with Crippen molar-refractivity contribution in [2.24, 2.45) is 5.92 Å². The van der Waals surface area contributed by atoms with Gasteiger partial charge in [-0.25, -0.2) is 0 Å². The standard InChI is InChI=1S/C16H15Cl2N3O3/c17-12-2-1-3-13(14(12)18)20-9-11(8-19)15(22)21-6-4-10(5-7-21)16(23)24/h1-3,9-10,20H,4-7H2,(H,23,24)/b11-9-. The smallest absolute Gasteiger partial charge is 0.306 e. The zero-order valence-electron chi connectivity index (χ0n) is 12.6. The number of aliphatic carboxylic acids is 1. The Morgan fingerprint density at radius 1 is 1.33 bits per heavy atom. The van der Waals surface area contributed by atoms with Crippen molar-refractivity contribution in [1.82, 2.24) is 4.90 Å². The number of amides is 1. The number of piperidine rings is 1. The lowest BCUT2D eigenvalue weighted by Gasteiger charge is -2.29. The lowest BCUT2D eigenvalue weighted by Crippen LogP contribution is -2.40. The zero-order valence-corrected chi connectivity index (χ0v) is 14.1. The van der Waals surface area contributed by atoms with Crippen LogP contribution in [0.2, 0.25) is 10.0 Å². The maximum absolute atomic E-state index is 12.4. The van der Waals surface area contributed by atoms with E-state index < -0.39 is 17.8 Å². The van der Waals surface area contributed by atoms with Crippen molar-refractivity contribution in [3.63, 3.8) is 0 Å². The molecule has 1 saturated heterocycles. The molecule has 0 aromatic heterocycles. The summed E-state index contributed by atoms with van der Waals surface area (Å²) in [5, 5.41) is 21.6. The minimum absolute atomic E-state index is 0.0835. The van der Waals surface area contributed by atoms with Crippen LogP contribution in [0.25, 0.3) is 0 Å². The van der Waals surface area contributed by atoms with Gasteiger partial charge in [-0.15, -0.1) is 0 Å². The van der Waals surface area contributed by atoms with E-state index in [0.717, 1.165) is 0 Å². The summed E-state index contributed by atoms with van der Waals surface area (Å²) in [6.07, 6.45) is 2.05. The van der Waals surface area contributed by atoms with Gasteiger partial charge in [0.1, 0.15) is 11.6 Å². The molecule has 1 fully saturated rings. The molecule has 0 atom stereocenters. The Kier molecular flexibility index (Phi) is 6.07. The molecule has 0 unspecified atom stereocenters. The summed E-state index contributed by atoms with van der Waals surface area (Å²) in [4.78, 5) is 24.8. The molecular weight excluding hydrogens is 353 g/mol. The lowest BCUT2D eigenvalue weighted by molar-refractivity contribution is -0.145. The summed E-state index contributed by atoms with van der Waals surface area (Å²) in [6, 6.07) is 6.84. The molecule has 1 amide bonds. The summed E-state index contributed by atoms with van der Waals surface area (Å²) in [7, 11) is 0. The molecule has 0 aliphatic carbocycles. The highest BCUT2D eigenvalue weighted by atomic mass is 35.5. The number of anilines is 1. The minimum Gasteiger partial charge on any atom is -0.481 e. The summed E-state index contributed by atoms with van der Waals surface area (Å²) in [5.74, 6) is -1.73. The molecule has 126 valence electrons. The van der Waals surface area contributed by atoms with E-state index in [-0.39, 0.29) is 5.57 Å². The number of carbonyl (C=O) groups excluding carboxylic acids is 1. The number of benzene rings is 1. The first-order valence-corrected chi connectivity index (χ1v) is 8.02. The number of hydrogen-bond donors (Lipinski definition) is 2. The van der Waals surface area contributed by atoms with Gasteiger partial charge in [0, 0.05) is 19.3 Å². The number of nitrogens with one attached hydrogen (secondary N) is 1. The Morgan fingerprint density at radius 2 is 2.00 bits per heavy atom. The first-order chi connectivity index (χ1) is 11.4. The van der Waals surface area contributed by atoms with Crippen LogP contribution in [0.15, 0.2) is 30.0 Å². The SMILES string of the molecule is N#C/C(=C/Nc1cccc(Cl)c1Cl)C(=O)N1CCC(C(=O)O)CC1. The molecule has 1 heterocycles. The quantitative estimate of drug-likeness (QED) is 0.629. The Balaban J connectivity index is 2.05. The number of carboxylic acid groups (broad SMARTS) is 1. The number of nitriles is 1. The molecule has 6 nitrogen and oxygen atoms in total. The highest BCUT2D eigenvalue weighted by molar-refractivity contribution is 6.43. The largest absolute Gasteiger partial charge is 0.481 e. The number of carboxylic acids is 1. The topological polar surface area (TPSA) is 93.4 Å². The fraction of sp³-hybridized carbons (Fsp3) is 0.312. The summed E-state index contributed by atoms with van der Waals surface area (Å²) < 4.78 is 0. The normalized spacial score (nSPS) is 15.7. The van der Waals surface area contributed by atoms with Crippen LogP contribution < -0.4 is 5.32 Å².